The Balaban J connectivity index is 1.59. The quantitative estimate of drug-likeness (QED) is 0.810. The molecular weight excluding hydrogens is 391 g/mol. The van der Waals surface area contributed by atoms with E-state index in [9.17, 15) is 22.4 Å². The van der Waals surface area contributed by atoms with Crippen molar-refractivity contribution in [2.24, 2.45) is 0 Å². The van der Waals surface area contributed by atoms with Crippen LogP contribution in [0.25, 0.3) is 0 Å². The van der Waals surface area contributed by atoms with E-state index in [1.807, 2.05) is 0 Å². The van der Waals surface area contributed by atoms with Gasteiger partial charge in [-0.2, -0.15) is 0 Å². The summed E-state index contributed by atoms with van der Waals surface area (Å²) in [6, 6.07) is 4.27. The maximum absolute atomic E-state index is 14.4. The second-order valence-electron chi connectivity index (χ2n) is 7.98. The molecule has 154 valence electrons. The molecule has 0 spiro atoms. The summed E-state index contributed by atoms with van der Waals surface area (Å²) in [6.45, 7) is 5.42. The Morgan fingerprint density at radius 1 is 1.36 bits per heavy atom. The van der Waals surface area contributed by atoms with Crippen LogP contribution < -0.4 is 10.2 Å². The normalized spacial score (nSPS) is 21.8. The second-order valence-corrected chi connectivity index (χ2v) is 10.1. The molecule has 2 heterocycles. The second kappa shape index (κ2) is 7.23. The number of alkyl carbamates (subject to hydrolysis) is 1. The summed E-state index contributed by atoms with van der Waals surface area (Å²) in [5.41, 5.74) is 0.00380. The highest BCUT2D eigenvalue weighted by atomic mass is 32.2. The van der Waals surface area contributed by atoms with Gasteiger partial charge in [0.2, 0.25) is 0 Å². The van der Waals surface area contributed by atoms with Crippen LogP contribution in [0.1, 0.15) is 32.3 Å². The van der Waals surface area contributed by atoms with Crippen molar-refractivity contribution in [2.75, 3.05) is 29.5 Å². The zero-order valence-electron chi connectivity index (χ0n) is 15.9. The maximum atomic E-state index is 14.4. The number of amides is 2. The minimum atomic E-state index is -3.06. The Labute approximate surface area is 162 Å². The van der Waals surface area contributed by atoms with Gasteiger partial charge in [0.15, 0.2) is 9.84 Å². The summed E-state index contributed by atoms with van der Waals surface area (Å²) >= 11 is 0. The van der Waals surface area contributed by atoms with Crippen LogP contribution in [0, 0.1) is 5.82 Å². The van der Waals surface area contributed by atoms with Gasteiger partial charge in [-0.05, 0) is 38.5 Å². The van der Waals surface area contributed by atoms with Crippen LogP contribution in [0.5, 0.6) is 0 Å². The molecule has 2 aliphatic rings. The van der Waals surface area contributed by atoms with Crippen molar-refractivity contribution in [2.45, 2.75) is 38.4 Å². The lowest BCUT2D eigenvalue weighted by Crippen LogP contribution is -2.38. The van der Waals surface area contributed by atoms with E-state index in [0.29, 0.717) is 11.3 Å². The van der Waals surface area contributed by atoms with Crippen molar-refractivity contribution >= 4 is 27.7 Å². The number of rotatable bonds is 4. The topological polar surface area (TPSA) is 102 Å². The van der Waals surface area contributed by atoms with Gasteiger partial charge in [0.25, 0.3) is 0 Å². The van der Waals surface area contributed by atoms with Gasteiger partial charge in [-0.25, -0.2) is 22.4 Å². The lowest BCUT2D eigenvalue weighted by atomic mass is 10.0. The first kappa shape index (κ1) is 20.4. The van der Waals surface area contributed by atoms with Gasteiger partial charge in [0.05, 0.1) is 30.3 Å². The number of hydrogen-bond acceptors (Lipinski definition) is 6. The van der Waals surface area contributed by atoms with E-state index in [0.717, 1.165) is 0 Å². The molecule has 1 atom stereocenters. The maximum Gasteiger partial charge on any atom is 0.414 e. The fraction of sp³-hybridized carbons (Fsp3) is 0.556. The molecule has 2 saturated heterocycles. The number of ether oxygens (including phenoxy) is 2. The first-order valence-electron chi connectivity index (χ1n) is 8.88. The summed E-state index contributed by atoms with van der Waals surface area (Å²) in [7, 11) is -3.06. The van der Waals surface area contributed by atoms with Gasteiger partial charge >= 0.3 is 12.2 Å². The van der Waals surface area contributed by atoms with Crippen LogP contribution >= 0.6 is 0 Å². The van der Waals surface area contributed by atoms with Gasteiger partial charge in [0, 0.05) is 5.92 Å². The number of halogens is 1. The van der Waals surface area contributed by atoms with Gasteiger partial charge in [0.1, 0.15) is 17.5 Å². The minimum Gasteiger partial charge on any atom is -0.444 e. The zero-order chi connectivity index (χ0) is 20.7. The Morgan fingerprint density at radius 3 is 2.61 bits per heavy atom. The number of nitrogens with zero attached hydrogens (tertiary/aromatic N) is 1. The number of carbonyl (C=O) groups excluding carboxylic acids is 2. The number of anilines is 1. The molecule has 0 aromatic heterocycles. The Morgan fingerprint density at radius 2 is 2.04 bits per heavy atom. The van der Waals surface area contributed by atoms with Crippen molar-refractivity contribution < 1.29 is 31.9 Å². The Bertz CT molecular complexity index is 884. The summed E-state index contributed by atoms with van der Waals surface area (Å²) in [5, 5.41) is 2.54. The van der Waals surface area contributed by atoms with Crippen molar-refractivity contribution in [3.8, 4) is 0 Å². The SMILES string of the molecule is CC(C)(C)OC(=O)NC[C@H]1CN(c2ccc(C3CS(=O)(=O)C3)c(F)c2)C(=O)O1. The molecule has 2 aliphatic heterocycles. The Kier molecular flexibility index (Phi) is 5.26. The highest BCUT2D eigenvalue weighted by Gasteiger charge is 2.37. The van der Waals surface area contributed by atoms with E-state index in [1.54, 1.807) is 26.8 Å². The fourth-order valence-electron chi connectivity index (χ4n) is 3.11. The molecule has 10 heteroatoms. The number of sulfone groups is 1. The van der Waals surface area contributed by atoms with Crippen LogP contribution in [-0.4, -0.2) is 56.9 Å². The first-order chi connectivity index (χ1) is 12.9. The summed E-state index contributed by atoms with van der Waals surface area (Å²) < 4.78 is 47.3. The number of carbonyl (C=O) groups is 2. The van der Waals surface area contributed by atoms with Crippen LogP contribution in [-0.2, 0) is 19.3 Å². The largest absolute Gasteiger partial charge is 0.444 e. The number of nitrogens with one attached hydrogen (secondary N) is 1. The molecule has 28 heavy (non-hydrogen) atoms. The predicted molar refractivity (Wildman–Crippen MR) is 99.6 cm³/mol. The van der Waals surface area contributed by atoms with Crippen LogP contribution in [0.3, 0.4) is 0 Å². The van der Waals surface area contributed by atoms with Crippen molar-refractivity contribution in [1.29, 1.82) is 0 Å². The molecule has 1 aromatic carbocycles. The monoisotopic (exact) mass is 414 g/mol. The van der Waals surface area contributed by atoms with E-state index >= 15 is 0 Å². The van der Waals surface area contributed by atoms with Crippen LogP contribution in [0.15, 0.2) is 18.2 Å². The lowest BCUT2D eigenvalue weighted by Gasteiger charge is -2.26. The standard InChI is InChI=1S/C18H23FN2O6S/c1-18(2,3)27-16(22)20-7-13-8-21(17(23)26-13)12-4-5-14(15(19)6-12)11-9-28(24,25)10-11/h4-6,11,13H,7-10H2,1-3H3,(H,20,22)/t13-/m0/s1. The van der Waals surface area contributed by atoms with Crippen LogP contribution in [0.2, 0.25) is 0 Å². The lowest BCUT2D eigenvalue weighted by molar-refractivity contribution is 0.0496. The van der Waals surface area contributed by atoms with E-state index < -0.39 is 39.5 Å². The van der Waals surface area contributed by atoms with Crippen molar-refractivity contribution in [3.63, 3.8) is 0 Å². The number of cyclic esters (lactones) is 1. The third-order valence-corrected chi connectivity index (χ3v) is 6.21. The third kappa shape index (κ3) is 4.73. The summed E-state index contributed by atoms with van der Waals surface area (Å²) in [5.74, 6) is -1.03. The molecule has 8 nitrogen and oxygen atoms in total. The van der Waals surface area contributed by atoms with Crippen molar-refractivity contribution in [3.05, 3.63) is 29.6 Å². The van der Waals surface area contributed by atoms with Crippen molar-refractivity contribution in [1.82, 2.24) is 5.32 Å². The zero-order valence-corrected chi connectivity index (χ0v) is 16.7. The average Bonchev–Trinajstić information content (AvgIpc) is 2.90. The summed E-state index contributed by atoms with van der Waals surface area (Å²) in [6.07, 6.45) is -1.86. The highest BCUT2D eigenvalue weighted by Crippen LogP contribution is 2.33. The molecule has 3 rings (SSSR count). The molecule has 2 fully saturated rings. The van der Waals surface area contributed by atoms with Gasteiger partial charge in [-0.1, -0.05) is 6.07 Å². The molecule has 0 radical (unpaired) electrons. The first-order valence-corrected chi connectivity index (χ1v) is 10.7. The molecule has 0 saturated carbocycles. The van der Waals surface area contributed by atoms with Gasteiger partial charge in [-0.3, -0.25) is 4.90 Å². The molecule has 2 amide bonds. The minimum absolute atomic E-state index is 0.0621. The van der Waals surface area contributed by atoms with Gasteiger partial charge in [-0.15, -0.1) is 0 Å². The van der Waals surface area contributed by atoms with E-state index in [4.69, 9.17) is 9.47 Å². The van der Waals surface area contributed by atoms with Gasteiger partial charge < -0.3 is 14.8 Å². The fourth-order valence-corrected chi connectivity index (χ4v) is 4.60. The highest BCUT2D eigenvalue weighted by molar-refractivity contribution is 7.92. The van der Waals surface area contributed by atoms with E-state index in [2.05, 4.69) is 5.32 Å². The molecular formula is C18H23FN2O6S. The van der Waals surface area contributed by atoms with Crippen LogP contribution in [0.4, 0.5) is 19.7 Å². The number of benzene rings is 1. The average molecular weight is 414 g/mol. The number of hydrogen-bond donors (Lipinski definition) is 1. The molecule has 0 aliphatic carbocycles. The summed E-state index contributed by atoms with van der Waals surface area (Å²) in [4.78, 5) is 25.1. The van der Waals surface area contributed by atoms with E-state index in [1.165, 1.54) is 17.0 Å². The molecule has 1 aromatic rings. The Hall–Kier alpha value is -2.36. The third-order valence-electron chi connectivity index (χ3n) is 4.39. The molecule has 0 bridgehead atoms. The van der Waals surface area contributed by atoms with E-state index in [-0.39, 0.29) is 30.5 Å². The predicted octanol–water partition coefficient (Wildman–Crippen LogP) is 2.19. The molecule has 0 unspecified atom stereocenters. The molecule has 1 N–H and O–H groups in total. The smallest absolute Gasteiger partial charge is 0.414 e.